The van der Waals surface area contributed by atoms with E-state index in [1.54, 1.807) is 47.8 Å². The van der Waals surface area contributed by atoms with Crippen molar-refractivity contribution in [3.63, 3.8) is 0 Å². The maximum Gasteiger partial charge on any atom is 0.265 e. The van der Waals surface area contributed by atoms with Crippen molar-refractivity contribution in [1.82, 2.24) is 9.78 Å². The Bertz CT molecular complexity index is 1150. The van der Waals surface area contributed by atoms with E-state index in [0.29, 0.717) is 16.1 Å². The zero-order valence-electron chi connectivity index (χ0n) is 14.7. The highest BCUT2D eigenvalue weighted by atomic mass is 32.2. The summed E-state index contributed by atoms with van der Waals surface area (Å²) in [6.07, 6.45) is 1.99. The van der Waals surface area contributed by atoms with Gasteiger partial charge in [0.25, 0.3) is 5.91 Å². The molecular weight excluding hydrogens is 381 g/mol. The molecular formula is C20H16FN3OS2. The van der Waals surface area contributed by atoms with Crippen LogP contribution < -0.4 is 5.32 Å². The Balaban J connectivity index is 1.70. The molecule has 27 heavy (non-hydrogen) atoms. The lowest BCUT2D eigenvalue weighted by Crippen LogP contribution is -2.10. The van der Waals surface area contributed by atoms with Crippen molar-refractivity contribution >= 4 is 44.9 Å². The van der Waals surface area contributed by atoms with E-state index in [-0.39, 0.29) is 11.7 Å². The highest BCUT2D eigenvalue weighted by Crippen LogP contribution is 2.35. The second-order valence-electron chi connectivity index (χ2n) is 5.97. The number of hydrogen-bond donors (Lipinski definition) is 1. The molecule has 0 atom stereocenters. The molecule has 0 saturated heterocycles. The maximum atomic E-state index is 14.2. The Morgan fingerprint density at radius 3 is 2.78 bits per heavy atom. The molecule has 0 spiro atoms. The summed E-state index contributed by atoms with van der Waals surface area (Å²) in [7, 11) is 1.80. The van der Waals surface area contributed by atoms with E-state index < -0.39 is 0 Å². The first-order valence-electron chi connectivity index (χ1n) is 8.23. The molecule has 4 aromatic rings. The van der Waals surface area contributed by atoms with Gasteiger partial charge in [-0.15, -0.1) is 23.1 Å². The van der Waals surface area contributed by atoms with Crippen LogP contribution in [-0.4, -0.2) is 21.9 Å². The van der Waals surface area contributed by atoms with Crippen LogP contribution in [0, 0.1) is 5.82 Å². The number of thiophene rings is 1. The number of aromatic nitrogens is 2. The first-order chi connectivity index (χ1) is 13.1. The maximum absolute atomic E-state index is 14.2. The van der Waals surface area contributed by atoms with Crippen molar-refractivity contribution in [1.29, 1.82) is 0 Å². The Labute approximate surface area is 164 Å². The number of hydrogen-bond acceptors (Lipinski definition) is 4. The summed E-state index contributed by atoms with van der Waals surface area (Å²) in [6, 6.07) is 16.0. The second kappa shape index (κ2) is 7.17. The number of carbonyl (C=O) groups excluding carboxylic acids is 1. The molecule has 0 fully saturated rings. The van der Waals surface area contributed by atoms with Gasteiger partial charge in [0.15, 0.2) is 0 Å². The number of nitrogens with one attached hydrogen (secondary N) is 1. The highest BCUT2D eigenvalue weighted by molar-refractivity contribution is 7.98. The van der Waals surface area contributed by atoms with Crippen molar-refractivity contribution in [3.05, 3.63) is 65.3 Å². The van der Waals surface area contributed by atoms with Gasteiger partial charge in [-0.25, -0.2) is 4.39 Å². The third kappa shape index (κ3) is 3.36. The summed E-state index contributed by atoms with van der Waals surface area (Å²) in [5.74, 6) is -0.516. The molecule has 0 aliphatic heterocycles. The Hall–Kier alpha value is -2.64. The lowest BCUT2D eigenvalue weighted by Gasteiger charge is -2.05. The van der Waals surface area contributed by atoms with Gasteiger partial charge in [-0.05, 0) is 42.7 Å². The molecule has 0 bridgehead atoms. The highest BCUT2D eigenvalue weighted by Gasteiger charge is 2.19. The fraction of sp³-hybridized carbons (Fsp3) is 0.100. The number of fused-ring (bicyclic) bond motifs is 1. The molecule has 4 nitrogen and oxygen atoms in total. The first kappa shape index (κ1) is 17.8. The largest absolute Gasteiger partial charge is 0.321 e. The van der Waals surface area contributed by atoms with Gasteiger partial charge in [0.05, 0.1) is 4.88 Å². The monoisotopic (exact) mass is 397 g/mol. The fourth-order valence-corrected chi connectivity index (χ4v) is 4.33. The first-order valence-corrected chi connectivity index (χ1v) is 10.3. The minimum Gasteiger partial charge on any atom is -0.321 e. The minimum atomic E-state index is -0.330. The number of aryl methyl sites for hydroxylation is 1. The van der Waals surface area contributed by atoms with Gasteiger partial charge in [-0.3, -0.25) is 9.48 Å². The van der Waals surface area contributed by atoms with Gasteiger partial charge in [0.1, 0.15) is 16.3 Å². The molecule has 2 aromatic heterocycles. The van der Waals surface area contributed by atoms with Crippen molar-refractivity contribution in [2.45, 2.75) is 4.90 Å². The third-order valence-corrected chi connectivity index (χ3v) is 6.12. The predicted octanol–water partition coefficient (Wildman–Crippen LogP) is 5.42. The van der Waals surface area contributed by atoms with E-state index in [9.17, 15) is 9.18 Å². The standard InChI is InChI=1S/C20H16FN3OS2/c1-24-20-15(18(23-24)14-8-3-4-9-16(14)21)11-17(27-20)19(25)22-12-6-5-7-13(10-12)26-2/h3-11H,1-2H3,(H,22,25). The summed E-state index contributed by atoms with van der Waals surface area (Å²) in [6.45, 7) is 0. The molecule has 1 amide bonds. The normalized spacial score (nSPS) is 11.1. The minimum absolute atomic E-state index is 0.186. The van der Waals surface area contributed by atoms with Crippen molar-refractivity contribution in [3.8, 4) is 11.3 Å². The molecule has 0 unspecified atom stereocenters. The van der Waals surface area contributed by atoms with E-state index in [1.807, 2.05) is 30.5 Å². The summed E-state index contributed by atoms with van der Waals surface area (Å²) in [4.78, 5) is 15.2. The van der Waals surface area contributed by atoms with Gasteiger partial charge in [0.2, 0.25) is 0 Å². The Kier molecular flexibility index (Phi) is 4.72. The van der Waals surface area contributed by atoms with Gasteiger partial charge in [0, 0.05) is 28.6 Å². The summed E-state index contributed by atoms with van der Waals surface area (Å²) in [5.41, 5.74) is 1.72. The average Bonchev–Trinajstić information content (AvgIpc) is 3.23. The van der Waals surface area contributed by atoms with Crippen LogP contribution in [0.4, 0.5) is 10.1 Å². The van der Waals surface area contributed by atoms with Crippen LogP contribution in [0.2, 0.25) is 0 Å². The summed E-state index contributed by atoms with van der Waals surface area (Å²) in [5, 5.41) is 8.14. The molecule has 0 aliphatic rings. The van der Waals surface area contributed by atoms with E-state index in [1.165, 1.54) is 17.4 Å². The summed E-state index contributed by atoms with van der Waals surface area (Å²) < 4.78 is 15.9. The van der Waals surface area contributed by atoms with E-state index in [2.05, 4.69) is 10.4 Å². The average molecular weight is 398 g/mol. The van der Waals surface area contributed by atoms with Crippen LogP contribution in [0.25, 0.3) is 21.5 Å². The van der Waals surface area contributed by atoms with E-state index >= 15 is 0 Å². The number of rotatable bonds is 4. The van der Waals surface area contributed by atoms with Gasteiger partial charge in [-0.2, -0.15) is 5.10 Å². The molecule has 7 heteroatoms. The molecule has 1 N–H and O–H groups in total. The zero-order valence-corrected chi connectivity index (χ0v) is 16.3. The smallest absolute Gasteiger partial charge is 0.265 e. The van der Waals surface area contributed by atoms with Crippen LogP contribution in [0.5, 0.6) is 0 Å². The number of amides is 1. The number of halogens is 1. The Morgan fingerprint density at radius 1 is 1.19 bits per heavy atom. The zero-order chi connectivity index (χ0) is 19.0. The van der Waals surface area contributed by atoms with E-state index in [4.69, 9.17) is 0 Å². The van der Waals surface area contributed by atoms with Crippen molar-refractivity contribution in [2.75, 3.05) is 11.6 Å². The second-order valence-corrected chi connectivity index (χ2v) is 7.88. The predicted molar refractivity (Wildman–Crippen MR) is 110 cm³/mol. The molecule has 2 aromatic carbocycles. The molecule has 136 valence electrons. The summed E-state index contributed by atoms with van der Waals surface area (Å²) >= 11 is 2.96. The lowest BCUT2D eigenvalue weighted by atomic mass is 10.1. The van der Waals surface area contributed by atoms with Gasteiger partial charge in [-0.1, -0.05) is 18.2 Å². The van der Waals surface area contributed by atoms with Crippen LogP contribution in [0.1, 0.15) is 9.67 Å². The van der Waals surface area contributed by atoms with Gasteiger partial charge < -0.3 is 5.32 Å². The van der Waals surface area contributed by atoms with Crippen LogP contribution >= 0.6 is 23.1 Å². The van der Waals surface area contributed by atoms with Crippen LogP contribution in [-0.2, 0) is 7.05 Å². The number of benzene rings is 2. The molecule has 0 radical (unpaired) electrons. The molecule has 2 heterocycles. The number of thioether (sulfide) groups is 1. The number of carbonyl (C=O) groups is 1. The van der Waals surface area contributed by atoms with Crippen LogP contribution in [0.15, 0.2) is 59.5 Å². The topological polar surface area (TPSA) is 46.9 Å². The third-order valence-electron chi connectivity index (χ3n) is 4.19. The number of nitrogens with zero attached hydrogens (tertiary/aromatic N) is 2. The SMILES string of the molecule is CSc1cccc(NC(=O)c2cc3c(-c4ccccc4F)nn(C)c3s2)c1. The fourth-order valence-electron chi connectivity index (χ4n) is 2.90. The molecule has 0 saturated carbocycles. The quantitative estimate of drug-likeness (QED) is 0.468. The van der Waals surface area contributed by atoms with E-state index in [0.717, 1.165) is 20.8 Å². The van der Waals surface area contributed by atoms with Crippen LogP contribution in [0.3, 0.4) is 0 Å². The lowest BCUT2D eigenvalue weighted by molar-refractivity contribution is 0.103. The van der Waals surface area contributed by atoms with Crippen molar-refractivity contribution in [2.24, 2.45) is 7.05 Å². The molecule has 0 aliphatic carbocycles. The van der Waals surface area contributed by atoms with Crippen molar-refractivity contribution < 1.29 is 9.18 Å². The number of anilines is 1. The molecule has 4 rings (SSSR count). The Morgan fingerprint density at radius 2 is 2.00 bits per heavy atom. The van der Waals surface area contributed by atoms with Gasteiger partial charge >= 0.3 is 0 Å².